The molecule has 3 aromatic heterocycles. The highest BCUT2D eigenvalue weighted by molar-refractivity contribution is 6.74. The third-order valence-electron chi connectivity index (χ3n) is 7.41. The fraction of sp³-hybridized carbons (Fsp3) is 0.520. The summed E-state index contributed by atoms with van der Waals surface area (Å²) in [6.07, 6.45) is -2.39. The first-order valence-electron chi connectivity index (χ1n) is 12.5. The van der Waals surface area contributed by atoms with E-state index in [-0.39, 0.29) is 56.5 Å². The lowest BCUT2D eigenvalue weighted by Gasteiger charge is -2.38. The van der Waals surface area contributed by atoms with Gasteiger partial charge in [0, 0.05) is 12.6 Å². The molecule has 0 radical (unpaired) electrons. The summed E-state index contributed by atoms with van der Waals surface area (Å²) in [5, 5.41) is 6.67. The molecule has 0 aliphatic carbocycles. The number of hydrogen-bond donors (Lipinski definition) is 1. The van der Waals surface area contributed by atoms with Crippen LogP contribution in [-0.2, 0) is 9.84 Å². The third kappa shape index (κ3) is 5.61. The Kier molecular flexibility index (Phi) is 7.84. The number of hydrogen-bond acceptors (Lipinski definition) is 6. The topological polar surface area (TPSA) is 93.9 Å². The third-order valence-corrected chi connectivity index (χ3v) is 12.5. The second-order valence-corrected chi connectivity index (χ2v) is 17.1. The number of carbonyl (C=O) groups excluding carboxylic acids is 1. The molecule has 40 heavy (non-hydrogen) atoms. The molecule has 1 N–H and O–H groups in total. The smallest absolute Gasteiger partial charge is 0.401 e. The molecule has 0 fully saturated rings. The SMILES string of the molecule is C[C@H](COc1ncc(NC(=O)N2CC(C)(C(F)(F)F)c3c2cnc2cc(Cl)nn32)cc1Cl)O[Si](C)(C)C(C)(C)C. The van der Waals surface area contributed by atoms with Crippen molar-refractivity contribution in [3.05, 3.63) is 40.4 Å². The molecule has 0 spiro atoms. The van der Waals surface area contributed by atoms with Crippen LogP contribution in [0.15, 0.2) is 24.5 Å². The van der Waals surface area contributed by atoms with Gasteiger partial charge in [0.25, 0.3) is 0 Å². The van der Waals surface area contributed by atoms with Crippen molar-refractivity contribution < 1.29 is 27.1 Å². The lowest BCUT2D eigenvalue weighted by Crippen LogP contribution is -2.46. The van der Waals surface area contributed by atoms with Crippen LogP contribution in [0.5, 0.6) is 5.88 Å². The van der Waals surface area contributed by atoms with Crippen LogP contribution >= 0.6 is 23.2 Å². The van der Waals surface area contributed by atoms with Gasteiger partial charge in [0.1, 0.15) is 17.0 Å². The first-order valence-corrected chi connectivity index (χ1v) is 16.2. The number of nitrogens with zero attached hydrogens (tertiary/aromatic N) is 5. The van der Waals surface area contributed by atoms with E-state index in [9.17, 15) is 18.0 Å². The predicted octanol–water partition coefficient (Wildman–Crippen LogP) is 7.09. The minimum absolute atomic E-state index is 0.0164. The summed E-state index contributed by atoms with van der Waals surface area (Å²) in [5.74, 6) is 0.142. The van der Waals surface area contributed by atoms with Crippen molar-refractivity contribution in [1.29, 1.82) is 0 Å². The maximum Gasteiger partial charge on any atom is 0.401 e. The van der Waals surface area contributed by atoms with Crippen LogP contribution in [0.25, 0.3) is 5.65 Å². The molecule has 1 aliphatic heterocycles. The number of urea groups is 1. The van der Waals surface area contributed by atoms with E-state index in [0.717, 1.165) is 16.3 Å². The van der Waals surface area contributed by atoms with Crippen molar-refractivity contribution in [2.75, 3.05) is 23.4 Å². The van der Waals surface area contributed by atoms with Crippen molar-refractivity contribution in [1.82, 2.24) is 19.6 Å². The molecular weight excluding hydrogens is 588 g/mol. The first-order chi connectivity index (χ1) is 18.3. The number of aromatic nitrogens is 4. The molecule has 0 bridgehead atoms. The highest BCUT2D eigenvalue weighted by Crippen LogP contribution is 2.50. The van der Waals surface area contributed by atoms with Crippen LogP contribution in [0.4, 0.5) is 29.3 Å². The van der Waals surface area contributed by atoms with E-state index < -0.39 is 32.5 Å². The van der Waals surface area contributed by atoms with Gasteiger partial charge >= 0.3 is 12.2 Å². The molecule has 2 atom stereocenters. The predicted molar refractivity (Wildman–Crippen MR) is 150 cm³/mol. The Morgan fingerprint density at radius 1 is 1.20 bits per heavy atom. The second kappa shape index (κ2) is 10.3. The fourth-order valence-corrected chi connectivity index (χ4v) is 6.01. The molecule has 0 aromatic carbocycles. The molecule has 1 unspecified atom stereocenters. The Labute approximate surface area is 241 Å². The van der Waals surface area contributed by atoms with E-state index in [2.05, 4.69) is 54.2 Å². The summed E-state index contributed by atoms with van der Waals surface area (Å²) in [6, 6.07) is 1.94. The van der Waals surface area contributed by atoms with Crippen LogP contribution in [0.1, 0.15) is 40.3 Å². The van der Waals surface area contributed by atoms with Crippen LogP contribution < -0.4 is 15.0 Å². The molecule has 218 valence electrons. The molecule has 4 rings (SSSR count). The number of ether oxygens (including phenoxy) is 1. The van der Waals surface area contributed by atoms with Crippen molar-refractivity contribution in [3.8, 4) is 5.88 Å². The van der Waals surface area contributed by atoms with Gasteiger partial charge in [-0.1, -0.05) is 44.0 Å². The highest BCUT2D eigenvalue weighted by Gasteiger charge is 2.60. The van der Waals surface area contributed by atoms with Gasteiger partial charge in [0.15, 0.2) is 19.1 Å². The lowest BCUT2D eigenvalue weighted by atomic mass is 9.88. The number of halogens is 5. The molecule has 0 saturated heterocycles. The largest absolute Gasteiger partial charge is 0.474 e. The zero-order chi connectivity index (χ0) is 29.8. The maximum atomic E-state index is 14.3. The molecule has 2 amide bonds. The number of carbonyl (C=O) groups is 1. The van der Waals surface area contributed by atoms with Crippen LogP contribution in [-0.4, -0.2) is 59.4 Å². The van der Waals surface area contributed by atoms with Gasteiger partial charge in [0.2, 0.25) is 5.88 Å². The number of fused-ring (bicyclic) bond motifs is 3. The Bertz CT molecular complexity index is 1450. The van der Waals surface area contributed by atoms with E-state index in [0.29, 0.717) is 0 Å². The van der Waals surface area contributed by atoms with Gasteiger partial charge in [-0.05, 0) is 38.0 Å². The molecule has 0 saturated carbocycles. The quantitative estimate of drug-likeness (QED) is 0.296. The number of amides is 2. The monoisotopic (exact) mass is 618 g/mol. The first kappa shape index (κ1) is 30.3. The summed E-state index contributed by atoms with van der Waals surface area (Å²) < 4.78 is 55.9. The van der Waals surface area contributed by atoms with E-state index >= 15 is 0 Å². The average molecular weight is 620 g/mol. The minimum Gasteiger partial charge on any atom is -0.474 e. The van der Waals surface area contributed by atoms with Gasteiger partial charge in [-0.2, -0.15) is 18.3 Å². The lowest BCUT2D eigenvalue weighted by molar-refractivity contribution is -0.181. The molecule has 9 nitrogen and oxygen atoms in total. The fourth-order valence-electron chi connectivity index (χ4n) is 4.19. The summed E-state index contributed by atoms with van der Waals surface area (Å²) in [7, 11) is -1.99. The number of nitrogens with one attached hydrogen (secondary N) is 1. The van der Waals surface area contributed by atoms with E-state index in [1.54, 1.807) is 0 Å². The molecule has 3 aromatic rings. The van der Waals surface area contributed by atoms with Gasteiger partial charge < -0.3 is 14.5 Å². The summed E-state index contributed by atoms with van der Waals surface area (Å²) in [5.41, 5.74) is -2.39. The molecular formula is C25H31Cl2F3N6O3Si. The van der Waals surface area contributed by atoms with Gasteiger partial charge in [-0.3, -0.25) is 4.90 Å². The molecule has 15 heteroatoms. The number of anilines is 2. The summed E-state index contributed by atoms with van der Waals surface area (Å²) in [4.78, 5) is 22.5. The number of alkyl halides is 3. The average Bonchev–Trinajstić information content (AvgIpc) is 3.34. The Morgan fingerprint density at radius 3 is 2.48 bits per heavy atom. The van der Waals surface area contributed by atoms with Gasteiger partial charge in [0.05, 0.1) is 35.6 Å². The van der Waals surface area contributed by atoms with Crippen molar-refractivity contribution in [3.63, 3.8) is 0 Å². The van der Waals surface area contributed by atoms with Gasteiger partial charge in [-0.15, -0.1) is 0 Å². The number of rotatable bonds is 6. The highest BCUT2D eigenvalue weighted by atomic mass is 35.5. The van der Waals surface area contributed by atoms with Crippen LogP contribution in [0, 0.1) is 0 Å². The molecule has 1 aliphatic rings. The maximum absolute atomic E-state index is 14.3. The van der Waals surface area contributed by atoms with E-state index in [1.807, 2.05) is 6.92 Å². The second-order valence-electron chi connectivity index (χ2n) is 11.6. The molecule has 4 heterocycles. The normalized spacial score (nSPS) is 18.6. The Morgan fingerprint density at radius 2 is 1.88 bits per heavy atom. The standard InChI is InChI=1S/C25H31Cl2F3N6O3Si/c1-14(39-40(6,7)23(2,3)4)12-38-21-16(26)8-15(10-32-21)33-22(37)35-13-24(5,25(28,29)30)20-17(35)11-31-19-9-18(27)34-36(19)20/h8-11,14H,12-13H2,1-7H3,(H,33,37)/t14-,24?/m1/s1. The summed E-state index contributed by atoms with van der Waals surface area (Å²) in [6.45, 7) is 13.2. The minimum atomic E-state index is -4.70. The zero-order valence-corrected chi connectivity index (χ0v) is 25.7. The van der Waals surface area contributed by atoms with Crippen molar-refractivity contribution in [2.24, 2.45) is 0 Å². The van der Waals surface area contributed by atoms with E-state index in [4.69, 9.17) is 32.4 Å². The van der Waals surface area contributed by atoms with E-state index in [1.165, 1.54) is 24.5 Å². The van der Waals surface area contributed by atoms with Gasteiger partial charge in [-0.25, -0.2) is 19.3 Å². The Balaban J connectivity index is 1.50. The summed E-state index contributed by atoms with van der Waals surface area (Å²) >= 11 is 12.3. The van der Waals surface area contributed by atoms with Crippen LogP contribution in [0.3, 0.4) is 0 Å². The van der Waals surface area contributed by atoms with Crippen LogP contribution in [0.2, 0.25) is 28.3 Å². The van der Waals surface area contributed by atoms with Crippen molar-refractivity contribution >= 4 is 54.6 Å². The zero-order valence-electron chi connectivity index (χ0n) is 23.2. The Hall–Kier alpha value is -2.61. The van der Waals surface area contributed by atoms with Crippen molar-refractivity contribution in [2.45, 2.75) is 70.4 Å². The number of pyridine rings is 1.